The Hall–Kier alpha value is -1.75. The predicted octanol–water partition coefficient (Wildman–Crippen LogP) is 4.68. The average Bonchev–Trinajstić information content (AvgIpc) is 2.55. The molecule has 0 aliphatic rings. The maximum Gasteiger partial charge on any atom is 0.241 e. The molecule has 2 N–H and O–H groups in total. The van der Waals surface area contributed by atoms with Crippen LogP contribution in [0, 0.1) is 0 Å². The van der Waals surface area contributed by atoms with Crippen LogP contribution in [0.25, 0.3) is 0 Å². The van der Waals surface area contributed by atoms with Crippen molar-refractivity contribution in [2.45, 2.75) is 25.9 Å². The van der Waals surface area contributed by atoms with Crippen LogP contribution in [0.5, 0.6) is 5.75 Å². The lowest BCUT2D eigenvalue weighted by molar-refractivity contribution is -0.117. The number of rotatable bonds is 6. The zero-order valence-electron chi connectivity index (χ0n) is 13.8. The van der Waals surface area contributed by atoms with E-state index in [0.717, 1.165) is 5.56 Å². The quantitative estimate of drug-likeness (QED) is 0.780. The molecule has 2 aromatic rings. The highest BCUT2D eigenvalue weighted by molar-refractivity contribution is 6.35. The van der Waals surface area contributed by atoms with E-state index in [1.807, 2.05) is 25.1 Å². The molecule has 0 fully saturated rings. The van der Waals surface area contributed by atoms with Crippen molar-refractivity contribution >= 4 is 34.8 Å². The number of methoxy groups -OCH3 is 1. The summed E-state index contributed by atoms with van der Waals surface area (Å²) in [4.78, 5) is 12.4. The van der Waals surface area contributed by atoms with E-state index in [1.165, 1.54) is 0 Å². The summed E-state index contributed by atoms with van der Waals surface area (Å²) >= 11 is 12.1. The summed E-state index contributed by atoms with van der Waals surface area (Å²) in [6.07, 6.45) is 0. The summed E-state index contributed by atoms with van der Waals surface area (Å²) in [5, 5.41) is 7.25. The zero-order valence-corrected chi connectivity index (χ0v) is 15.3. The molecule has 1 amide bonds. The second-order valence-electron chi connectivity index (χ2n) is 5.47. The zero-order chi connectivity index (χ0) is 17.7. The molecular formula is C18H20Cl2N2O2. The number of benzene rings is 2. The molecule has 0 aromatic heterocycles. The summed E-state index contributed by atoms with van der Waals surface area (Å²) in [6.45, 7) is 3.74. The van der Waals surface area contributed by atoms with Crippen molar-refractivity contribution in [1.82, 2.24) is 5.32 Å². The molecule has 128 valence electrons. The van der Waals surface area contributed by atoms with Gasteiger partial charge in [0.05, 0.1) is 18.8 Å². The first kappa shape index (κ1) is 18.6. The molecule has 2 aromatic carbocycles. The lowest BCUT2D eigenvalue weighted by Gasteiger charge is -2.21. The summed E-state index contributed by atoms with van der Waals surface area (Å²) in [5.41, 5.74) is 1.52. The van der Waals surface area contributed by atoms with Gasteiger partial charge in [0.15, 0.2) is 0 Å². The van der Waals surface area contributed by atoms with Gasteiger partial charge in [0, 0.05) is 16.1 Å². The molecule has 0 spiro atoms. The topological polar surface area (TPSA) is 50.4 Å². The van der Waals surface area contributed by atoms with Crippen LogP contribution in [0.15, 0.2) is 42.5 Å². The third-order valence-corrected chi connectivity index (χ3v) is 4.25. The largest absolute Gasteiger partial charge is 0.495 e. The third kappa shape index (κ3) is 4.63. The second-order valence-corrected chi connectivity index (χ2v) is 6.31. The summed E-state index contributed by atoms with van der Waals surface area (Å²) in [6, 6.07) is 12.1. The molecule has 0 radical (unpaired) electrons. The van der Waals surface area contributed by atoms with Crippen molar-refractivity contribution in [3.63, 3.8) is 0 Å². The lowest BCUT2D eigenvalue weighted by Crippen LogP contribution is -2.39. The van der Waals surface area contributed by atoms with Crippen molar-refractivity contribution in [3.8, 4) is 5.75 Å². The number of halogens is 2. The predicted molar refractivity (Wildman–Crippen MR) is 99.1 cm³/mol. The maximum atomic E-state index is 12.4. The number of hydrogen-bond donors (Lipinski definition) is 2. The Morgan fingerprint density at radius 1 is 1.12 bits per heavy atom. The Kier molecular flexibility index (Phi) is 6.49. The maximum absolute atomic E-state index is 12.4. The number of carbonyl (C=O) groups is 1. The average molecular weight is 367 g/mol. The number of para-hydroxylation sites is 2. The Balaban J connectivity index is 2.03. The van der Waals surface area contributed by atoms with E-state index in [4.69, 9.17) is 27.9 Å². The van der Waals surface area contributed by atoms with Gasteiger partial charge in [-0.15, -0.1) is 0 Å². The van der Waals surface area contributed by atoms with E-state index in [-0.39, 0.29) is 11.9 Å². The molecule has 2 atom stereocenters. The third-order valence-electron chi connectivity index (χ3n) is 3.69. The van der Waals surface area contributed by atoms with Gasteiger partial charge in [-0.3, -0.25) is 10.1 Å². The van der Waals surface area contributed by atoms with Crippen LogP contribution in [0.1, 0.15) is 25.5 Å². The Morgan fingerprint density at radius 3 is 2.50 bits per heavy atom. The first-order chi connectivity index (χ1) is 11.4. The van der Waals surface area contributed by atoms with Gasteiger partial charge in [0.1, 0.15) is 5.75 Å². The molecular weight excluding hydrogens is 347 g/mol. The van der Waals surface area contributed by atoms with E-state index in [9.17, 15) is 4.79 Å². The van der Waals surface area contributed by atoms with Crippen LogP contribution in [0.3, 0.4) is 0 Å². The van der Waals surface area contributed by atoms with Crippen LogP contribution in [-0.2, 0) is 4.79 Å². The van der Waals surface area contributed by atoms with Crippen LogP contribution in [0.4, 0.5) is 5.69 Å². The number of amides is 1. The second kappa shape index (κ2) is 8.38. The molecule has 0 bridgehead atoms. The smallest absolute Gasteiger partial charge is 0.241 e. The van der Waals surface area contributed by atoms with Gasteiger partial charge in [-0.05, 0) is 43.7 Å². The van der Waals surface area contributed by atoms with Gasteiger partial charge in [0.25, 0.3) is 0 Å². The van der Waals surface area contributed by atoms with E-state index in [0.29, 0.717) is 21.5 Å². The summed E-state index contributed by atoms with van der Waals surface area (Å²) in [5.74, 6) is 0.461. The van der Waals surface area contributed by atoms with Crippen molar-refractivity contribution in [1.29, 1.82) is 0 Å². The number of anilines is 1. The van der Waals surface area contributed by atoms with Crippen molar-refractivity contribution in [3.05, 3.63) is 58.1 Å². The molecule has 0 aliphatic heterocycles. The molecule has 0 saturated heterocycles. The first-order valence-corrected chi connectivity index (χ1v) is 8.33. The normalized spacial score (nSPS) is 13.2. The van der Waals surface area contributed by atoms with Crippen LogP contribution in [0.2, 0.25) is 10.0 Å². The van der Waals surface area contributed by atoms with Crippen LogP contribution >= 0.6 is 23.2 Å². The Morgan fingerprint density at radius 2 is 1.83 bits per heavy atom. The fraction of sp³-hybridized carbons (Fsp3) is 0.278. The minimum absolute atomic E-state index is 0.104. The van der Waals surface area contributed by atoms with E-state index in [1.54, 1.807) is 38.3 Å². The van der Waals surface area contributed by atoms with Crippen molar-refractivity contribution in [2.24, 2.45) is 0 Å². The van der Waals surface area contributed by atoms with Crippen molar-refractivity contribution in [2.75, 3.05) is 12.4 Å². The monoisotopic (exact) mass is 366 g/mol. The Bertz CT molecular complexity index is 722. The van der Waals surface area contributed by atoms with Gasteiger partial charge in [-0.25, -0.2) is 0 Å². The standard InChI is InChI=1S/C18H20Cl2N2O2/c1-11(14-9-8-13(19)10-15(14)20)21-12(2)18(23)22-16-6-4-5-7-17(16)24-3/h4-12,21H,1-3H3,(H,22,23)/t11-,12-/m0/s1. The van der Waals surface area contributed by atoms with E-state index >= 15 is 0 Å². The molecule has 0 heterocycles. The van der Waals surface area contributed by atoms with Gasteiger partial charge >= 0.3 is 0 Å². The van der Waals surface area contributed by atoms with Crippen LogP contribution < -0.4 is 15.4 Å². The minimum atomic E-state index is -0.420. The van der Waals surface area contributed by atoms with Gasteiger partial charge in [0.2, 0.25) is 5.91 Å². The van der Waals surface area contributed by atoms with E-state index < -0.39 is 6.04 Å². The van der Waals surface area contributed by atoms with Gasteiger partial charge in [-0.1, -0.05) is 41.4 Å². The number of nitrogens with one attached hydrogen (secondary N) is 2. The highest BCUT2D eigenvalue weighted by Gasteiger charge is 2.19. The SMILES string of the molecule is COc1ccccc1NC(=O)[C@H](C)N[C@@H](C)c1ccc(Cl)cc1Cl. The highest BCUT2D eigenvalue weighted by atomic mass is 35.5. The van der Waals surface area contributed by atoms with Crippen molar-refractivity contribution < 1.29 is 9.53 Å². The van der Waals surface area contributed by atoms with Gasteiger partial charge in [-0.2, -0.15) is 0 Å². The lowest BCUT2D eigenvalue weighted by atomic mass is 10.1. The molecule has 0 aliphatic carbocycles. The summed E-state index contributed by atoms with van der Waals surface area (Å²) < 4.78 is 5.24. The fourth-order valence-corrected chi connectivity index (χ4v) is 2.95. The molecule has 0 saturated carbocycles. The Labute approximate surface area is 152 Å². The molecule has 4 nitrogen and oxygen atoms in total. The number of hydrogen-bond acceptors (Lipinski definition) is 3. The van der Waals surface area contributed by atoms with Gasteiger partial charge < -0.3 is 10.1 Å². The first-order valence-electron chi connectivity index (χ1n) is 7.57. The number of ether oxygens (including phenoxy) is 1. The minimum Gasteiger partial charge on any atom is -0.495 e. The summed E-state index contributed by atoms with van der Waals surface area (Å²) in [7, 11) is 1.57. The molecule has 24 heavy (non-hydrogen) atoms. The fourth-order valence-electron chi connectivity index (χ4n) is 2.38. The molecule has 0 unspecified atom stereocenters. The van der Waals surface area contributed by atoms with E-state index in [2.05, 4.69) is 10.6 Å². The highest BCUT2D eigenvalue weighted by Crippen LogP contribution is 2.27. The van der Waals surface area contributed by atoms with Crippen LogP contribution in [-0.4, -0.2) is 19.1 Å². The molecule has 6 heteroatoms. The number of carbonyl (C=O) groups excluding carboxylic acids is 1. The molecule has 2 rings (SSSR count).